The number of para-hydroxylation sites is 1. The van der Waals surface area contributed by atoms with E-state index in [0.717, 1.165) is 0 Å². The average molecular weight is 334 g/mol. The zero-order chi connectivity index (χ0) is 17.7. The minimum absolute atomic E-state index is 0.0261. The van der Waals surface area contributed by atoms with Crippen molar-refractivity contribution in [3.8, 4) is 5.75 Å². The van der Waals surface area contributed by atoms with E-state index in [-0.39, 0.29) is 11.9 Å². The third-order valence-corrected chi connectivity index (χ3v) is 3.80. The molecular formula is C18H26N2O4. The number of amides is 1. The summed E-state index contributed by atoms with van der Waals surface area (Å²) in [6.45, 7) is 8.32. The number of ketones is 1. The van der Waals surface area contributed by atoms with E-state index in [2.05, 4.69) is 4.90 Å². The molecule has 0 bridgehead atoms. The van der Waals surface area contributed by atoms with E-state index in [1.165, 1.54) is 0 Å². The Morgan fingerprint density at radius 2 is 1.71 bits per heavy atom. The number of rotatable bonds is 4. The van der Waals surface area contributed by atoms with Gasteiger partial charge in [-0.1, -0.05) is 12.1 Å². The monoisotopic (exact) mass is 334 g/mol. The van der Waals surface area contributed by atoms with Crippen LogP contribution in [0.5, 0.6) is 5.75 Å². The fraction of sp³-hybridized carbons (Fsp3) is 0.556. The van der Waals surface area contributed by atoms with Crippen LogP contribution in [-0.2, 0) is 4.74 Å². The Labute approximate surface area is 143 Å². The van der Waals surface area contributed by atoms with Gasteiger partial charge in [0.1, 0.15) is 11.4 Å². The van der Waals surface area contributed by atoms with Crippen molar-refractivity contribution in [1.29, 1.82) is 0 Å². The summed E-state index contributed by atoms with van der Waals surface area (Å²) in [6.07, 6.45) is -0.293. The van der Waals surface area contributed by atoms with E-state index >= 15 is 0 Å². The number of Topliss-reactive ketones (excluding diaryl/α,β-unsaturated/α-hetero) is 1. The van der Waals surface area contributed by atoms with Crippen LogP contribution in [0.3, 0.4) is 0 Å². The van der Waals surface area contributed by atoms with Gasteiger partial charge in [-0.3, -0.25) is 9.69 Å². The topological polar surface area (TPSA) is 59.1 Å². The Morgan fingerprint density at radius 3 is 2.29 bits per heavy atom. The normalized spacial score (nSPS) is 15.9. The quantitative estimate of drug-likeness (QED) is 0.792. The Balaban J connectivity index is 1.87. The molecule has 1 fully saturated rings. The molecule has 0 spiro atoms. The number of carbonyl (C=O) groups is 2. The molecule has 2 rings (SSSR count). The zero-order valence-electron chi connectivity index (χ0n) is 14.9. The zero-order valence-corrected chi connectivity index (χ0v) is 14.9. The second-order valence-corrected chi connectivity index (χ2v) is 6.87. The summed E-state index contributed by atoms with van der Waals surface area (Å²) in [6, 6.07) is 7.23. The smallest absolute Gasteiger partial charge is 0.410 e. The molecule has 0 atom stereocenters. The number of benzene rings is 1. The molecule has 0 saturated carbocycles. The number of nitrogens with zero attached hydrogens (tertiary/aromatic N) is 2. The Bertz CT molecular complexity index is 587. The van der Waals surface area contributed by atoms with Gasteiger partial charge in [-0.15, -0.1) is 0 Å². The first-order valence-electron chi connectivity index (χ1n) is 8.16. The number of hydrogen-bond donors (Lipinski definition) is 0. The molecule has 0 radical (unpaired) electrons. The summed E-state index contributed by atoms with van der Waals surface area (Å²) in [5, 5.41) is 0. The van der Waals surface area contributed by atoms with Gasteiger partial charge in [0, 0.05) is 26.2 Å². The predicted octanol–water partition coefficient (Wildman–Crippen LogP) is 2.43. The summed E-state index contributed by atoms with van der Waals surface area (Å²) in [7, 11) is 1.56. The molecule has 1 amide bonds. The molecule has 6 heteroatoms. The van der Waals surface area contributed by atoms with Crippen LogP contribution in [0.25, 0.3) is 0 Å². The summed E-state index contributed by atoms with van der Waals surface area (Å²) < 4.78 is 10.6. The first-order valence-corrected chi connectivity index (χ1v) is 8.16. The molecule has 6 nitrogen and oxygen atoms in total. The predicted molar refractivity (Wildman–Crippen MR) is 91.6 cm³/mol. The molecule has 0 N–H and O–H groups in total. The lowest BCUT2D eigenvalue weighted by atomic mass is 10.1. The Morgan fingerprint density at radius 1 is 1.08 bits per heavy atom. The largest absolute Gasteiger partial charge is 0.496 e. The third kappa shape index (κ3) is 4.96. The van der Waals surface area contributed by atoms with Crippen LogP contribution in [0.1, 0.15) is 31.1 Å². The molecule has 0 aromatic heterocycles. The van der Waals surface area contributed by atoms with Crippen LogP contribution in [-0.4, -0.2) is 67.1 Å². The van der Waals surface area contributed by atoms with Crippen molar-refractivity contribution in [1.82, 2.24) is 9.80 Å². The van der Waals surface area contributed by atoms with Crippen molar-refractivity contribution in [2.45, 2.75) is 26.4 Å². The lowest BCUT2D eigenvalue weighted by molar-refractivity contribution is 0.0149. The van der Waals surface area contributed by atoms with Crippen molar-refractivity contribution in [3.05, 3.63) is 29.8 Å². The maximum Gasteiger partial charge on any atom is 0.410 e. The highest BCUT2D eigenvalue weighted by molar-refractivity contribution is 6.00. The number of piperazine rings is 1. The second-order valence-electron chi connectivity index (χ2n) is 6.87. The van der Waals surface area contributed by atoms with Crippen LogP contribution < -0.4 is 4.74 Å². The van der Waals surface area contributed by atoms with Crippen molar-refractivity contribution in [2.24, 2.45) is 0 Å². The average Bonchev–Trinajstić information content (AvgIpc) is 2.53. The molecule has 1 aromatic carbocycles. The third-order valence-electron chi connectivity index (χ3n) is 3.80. The van der Waals surface area contributed by atoms with E-state index in [1.54, 1.807) is 24.1 Å². The molecular weight excluding hydrogens is 308 g/mol. The molecule has 0 aliphatic carbocycles. The van der Waals surface area contributed by atoms with Crippen LogP contribution in [0, 0.1) is 0 Å². The second kappa shape index (κ2) is 7.66. The standard InChI is InChI=1S/C18H26N2O4/c1-18(2,3)24-17(22)20-11-9-19(10-12-20)13-15(21)14-7-5-6-8-16(14)23-4/h5-8H,9-13H2,1-4H3. The van der Waals surface area contributed by atoms with Crippen molar-refractivity contribution >= 4 is 11.9 Å². The fourth-order valence-electron chi connectivity index (χ4n) is 2.58. The lowest BCUT2D eigenvalue weighted by Gasteiger charge is -2.35. The van der Waals surface area contributed by atoms with Crippen LogP contribution >= 0.6 is 0 Å². The molecule has 1 aliphatic heterocycles. The molecule has 132 valence electrons. The van der Waals surface area contributed by atoms with Gasteiger partial charge in [0.2, 0.25) is 0 Å². The summed E-state index contributed by atoms with van der Waals surface area (Å²) in [5.41, 5.74) is 0.100. The maximum absolute atomic E-state index is 12.5. The van der Waals surface area contributed by atoms with Gasteiger partial charge in [-0.2, -0.15) is 0 Å². The van der Waals surface area contributed by atoms with E-state index in [1.807, 2.05) is 32.9 Å². The number of carbonyl (C=O) groups excluding carboxylic acids is 2. The molecule has 1 aliphatic rings. The highest BCUT2D eigenvalue weighted by atomic mass is 16.6. The summed E-state index contributed by atoms with van der Waals surface area (Å²) in [5.74, 6) is 0.619. The SMILES string of the molecule is COc1ccccc1C(=O)CN1CCN(C(=O)OC(C)(C)C)CC1. The van der Waals surface area contributed by atoms with E-state index < -0.39 is 5.60 Å². The summed E-state index contributed by atoms with van der Waals surface area (Å²) in [4.78, 5) is 28.3. The highest BCUT2D eigenvalue weighted by Crippen LogP contribution is 2.18. The van der Waals surface area contributed by atoms with Gasteiger partial charge < -0.3 is 14.4 Å². The van der Waals surface area contributed by atoms with Crippen molar-refractivity contribution in [3.63, 3.8) is 0 Å². The van der Waals surface area contributed by atoms with Gasteiger partial charge in [0.05, 0.1) is 19.2 Å². The number of ether oxygens (including phenoxy) is 2. The highest BCUT2D eigenvalue weighted by Gasteiger charge is 2.27. The van der Waals surface area contributed by atoms with Gasteiger partial charge in [-0.05, 0) is 32.9 Å². The van der Waals surface area contributed by atoms with E-state index in [0.29, 0.717) is 44.0 Å². The van der Waals surface area contributed by atoms with Crippen LogP contribution in [0.4, 0.5) is 4.79 Å². The Kier molecular flexibility index (Phi) is 5.83. The van der Waals surface area contributed by atoms with Gasteiger partial charge in [-0.25, -0.2) is 4.79 Å². The molecule has 24 heavy (non-hydrogen) atoms. The molecule has 1 aromatic rings. The van der Waals surface area contributed by atoms with Gasteiger partial charge >= 0.3 is 6.09 Å². The molecule has 1 heterocycles. The first kappa shape index (κ1) is 18.3. The first-order chi connectivity index (χ1) is 11.3. The maximum atomic E-state index is 12.5. The van der Waals surface area contributed by atoms with Crippen LogP contribution in [0.2, 0.25) is 0 Å². The van der Waals surface area contributed by atoms with Crippen molar-refractivity contribution in [2.75, 3.05) is 39.8 Å². The summed E-state index contributed by atoms with van der Waals surface area (Å²) >= 11 is 0. The lowest BCUT2D eigenvalue weighted by Crippen LogP contribution is -2.51. The molecule has 1 saturated heterocycles. The number of methoxy groups -OCH3 is 1. The van der Waals surface area contributed by atoms with E-state index in [9.17, 15) is 9.59 Å². The Hall–Kier alpha value is -2.08. The molecule has 0 unspecified atom stereocenters. The van der Waals surface area contributed by atoms with E-state index in [4.69, 9.17) is 9.47 Å². The van der Waals surface area contributed by atoms with Gasteiger partial charge in [0.15, 0.2) is 5.78 Å². The number of hydrogen-bond acceptors (Lipinski definition) is 5. The van der Waals surface area contributed by atoms with Crippen LogP contribution in [0.15, 0.2) is 24.3 Å². The minimum atomic E-state index is -0.492. The fourth-order valence-corrected chi connectivity index (χ4v) is 2.58. The minimum Gasteiger partial charge on any atom is -0.496 e. The van der Waals surface area contributed by atoms with Gasteiger partial charge in [0.25, 0.3) is 0 Å². The van der Waals surface area contributed by atoms with Crippen molar-refractivity contribution < 1.29 is 19.1 Å².